The molecule has 3 rings (SSSR count). The van der Waals surface area contributed by atoms with Crippen molar-refractivity contribution in [3.63, 3.8) is 0 Å². The number of nitrogens with zero attached hydrogens (tertiary/aromatic N) is 2. The van der Waals surface area contributed by atoms with Gasteiger partial charge in [0.2, 0.25) is 0 Å². The normalized spacial score (nSPS) is 13.2. The van der Waals surface area contributed by atoms with Gasteiger partial charge in [0.25, 0.3) is 0 Å². The van der Waals surface area contributed by atoms with Gasteiger partial charge >= 0.3 is 0 Å². The van der Waals surface area contributed by atoms with Crippen molar-refractivity contribution < 1.29 is 4.74 Å². The zero-order chi connectivity index (χ0) is 14.5. The SMILES string of the molecule is CCCNCc1ccnn1CCc1ccc2c(c1)CCO2. The van der Waals surface area contributed by atoms with E-state index in [0.717, 1.165) is 51.3 Å². The fourth-order valence-corrected chi connectivity index (χ4v) is 2.74. The van der Waals surface area contributed by atoms with Crippen LogP contribution in [0, 0.1) is 0 Å². The first-order valence-electron chi connectivity index (χ1n) is 7.83. The first-order valence-corrected chi connectivity index (χ1v) is 7.83. The molecule has 0 amide bonds. The van der Waals surface area contributed by atoms with Crippen LogP contribution in [0.2, 0.25) is 0 Å². The summed E-state index contributed by atoms with van der Waals surface area (Å²) in [5, 5.41) is 7.87. The summed E-state index contributed by atoms with van der Waals surface area (Å²) in [6.45, 7) is 5.88. The van der Waals surface area contributed by atoms with Crippen LogP contribution in [0.5, 0.6) is 5.75 Å². The Balaban J connectivity index is 1.59. The van der Waals surface area contributed by atoms with Gasteiger partial charge in [0.1, 0.15) is 5.75 Å². The predicted molar refractivity (Wildman–Crippen MR) is 83.6 cm³/mol. The summed E-state index contributed by atoms with van der Waals surface area (Å²) in [7, 11) is 0. The summed E-state index contributed by atoms with van der Waals surface area (Å²) in [5.41, 5.74) is 3.97. The smallest absolute Gasteiger partial charge is 0.122 e. The van der Waals surface area contributed by atoms with E-state index in [-0.39, 0.29) is 0 Å². The summed E-state index contributed by atoms with van der Waals surface area (Å²) < 4.78 is 7.66. The van der Waals surface area contributed by atoms with Crippen molar-refractivity contribution in [1.29, 1.82) is 0 Å². The van der Waals surface area contributed by atoms with Gasteiger partial charge < -0.3 is 10.1 Å². The van der Waals surface area contributed by atoms with Crippen LogP contribution in [0.4, 0.5) is 0 Å². The highest BCUT2D eigenvalue weighted by Crippen LogP contribution is 2.26. The number of fused-ring (bicyclic) bond motifs is 1. The molecule has 2 aromatic rings. The second-order valence-corrected chi connectivity index (χ2v) is 5.51. The van der Waals surface area contributed by atoms with Gasteiger partial charge in [-0.3, -0.25) is 4.68 Å². The lowest BCUT2D eigenvalue weighted by molar-refractivity contribution is 0.357. The second-order valence-electron chi connectivity index (χ2n) is 5.51. The van der Waals surface area contributed by atoms with Crippen LogP contribution in [0.1, 0.15) is 30.2 Å². The van der Waals surface area contributed by atoms with E-state index in [0.29, 0.717) is 0 Å². The number of aromatic nitrogens is 2. The number of hydrogen-bond donors (Lipinski definition) is 1. The maximum Gasteiger partial charge on any atom is 0.122 e. The number of benzene rings is 1. The molecule has 1 aliphatic rings. The van der Waals surface area contributed by atoms with E-state index < -0.39 is 0 Å². The lowest BCUT2D eigenvalue weighted by Crippen LogP contribution is -2.18. The van der Waals surface area contributed by atoms with Gasteiger partial charge in [-0.05, 0) is 42.6 Å². The molecule has 1 aromatic heterocycles. The highest BCUT2D eigenvalue weighted by molar-refractivity contribution is 5.39. The average Bonchev–Trinajstić information content (AvgIpc) is 3.13. The molecule has 4 nitrogen and oxygen atoms in total. The molecule has 0 atom stereocenters. The fraction of sp³-hybridized carbons (Fsp3) is 0.471. The van der Waals surface area contributed by atoms with Crippen molar-refractivity contribution >= 4 is 0 Å². The average molecular weight is 285 g/mol. The Morgan fingerprint density at radius 1 is 1.33 bits per heavy atom. The van der Waals surface area contributed by atoms with Gasteiger partial charge in [-0.25, -0.2) is 0 Å². The largest absolute Gasteiger partial charge is 0.493 e. The molecule has 0 aliphatic carbocycles. The molecule has 0 radical (unpaired) electrons. The Bertz CT molecular complexity index is 591. The zero-order valence-corrected chi connectivity index (χ0v) is 12.6. The van der Waals surface area contributed by atoms with Gasteiger partial charge in [-0.2, -0.15) is 5.10 Å². The number of aryl methyl sites for hydroxylation is 2. The highest BCUT2D eigenvalue weighted by atomic mass is 16.5. The van der Waals surface area contributed by atoms with Gasteiger partial charge in [-0.15, -0.1) is 0 Å². The Morgan fingerprint density at radius 2 is 2.29 bits per heavy atom. The van der Waals surface area contributed by atoms with E-state index >= 15 is 0 Å². The van der Waals surface area contributed by atoms with Crippen LogP contribution in [0.25, 0.3) is 0 Å². The third kappa shape index (κ3) is 3.45. The summed E-state index contributed by atoms with van der Waals surface area (Å²) >= 11 is 0. The molecule has 2 heterocycles. The van der Waals surface area contributed by atoms with Gasteiger partial charge in [0.05, 0.1) is 12.3 Å². The molecular weight excluding hydrogens is 262 g/mol. The summed E-state index contributed by atoms with van der Waals surface area (Å²) in [5.74, 6) is 1.06. The Morgan fingerprint density at radius 3 is 3.19 bits per heavy atom. The summed E-state index contributed by atoms with van der Waals surface area (Å²) in [6, 6.07) is 8.65. The van der Waals surface area contributed by atoms with Crippen LogP contribution in [0.3, 0.4) is 0 Å². The number of hydrogen-bond acceptors (Lipinski definition) is 3. The molecule has 4 heteroatoms. The number of rotatable bonds is 7. The van der Waals surface area contributed by atoms with E-state index in [9.17, 15) is 0 Å². The molecule has 1 aliphatic heterocycles. The number of ether oxygens (including phenoxy) is 1. The van der Waals surface area contributed by atoms with Crippen LogP contribution in [-0.2, 0) is 25.9 Å². The highest BCUT2D eigenvalue weighted by Gasteiger charge is 2.12. The van der Waals surface area contributed by atoms with Crippen molar-refractivity contribution in [2.24, 2.45) is 0 Å². The van der Waals surface area contributed by atoms with Crippen LogP contribution < -0.4 is 10.1 Å². The van der Waals surface area contributed by atoms with Crippen molar-refractivity contribution in [3.05, 3.63) is 47.3 Å². The van der Waals surface area contributed by atoms with Crippen LogP contribution in [0.15, 0.2) is 30.5 Å². The van der Waals surface area contributed by atoms with Crippen LogP contribution >= 0.6 is 0 Å². The molecule has 0 bridgehead atoms. The molecule has 0 fully saturated rings. The van der Waals surface area contributed by atoms with E-state index in [1.54, 1.807) is 0 Å². The quantitative estimate of drug-likeness (QED) is 0.795. The van der Waals surface area contributed by atoms with Crippen molar-refractivity contribution in [2.75, 3.05) is 13.2 Å². The Labute approximate surface area is 126 Å². The second kappa shape index (κ2) is 6.76. The number of nitrogens with one attached hydrogen (secondary N) is 1. The molecular formula is C17H23N3O. The molecule has 0 saturated carbocycles. The molecule has 21 heavy (non-hydrogen) atoms. The first kappa shape index (κ1) is 14.1. The fourth-order valence-electron chi connectivity index (χ4n) is 2.74. The lowest BCUT2D eigenvalue weighted by atomic mass is 10.1. The van der Waals surface area contributed by atoms with E-state index in [4.69, 9.17) is 4.74 Å². The third-order valence-electron chi connectivity index (χ3n) is 3.90. The molecule has 1 N–H and O–H groups in total. The van der Waals surface area contributed by atoms with Crippen LogP contribution in [-0.4, -0.2) is 22.9 Å². The van der Waals surface area contributed by atoms with E-state index in [2.05, 4.69) is 46.3 Å². The van der Waals surface area contributed by atoms with E-state index in [1.807, 2.05) is 6.20 Å². The van der Waals surface area contributed by atoms with E-state index in [1.165, 1.54) is 16.8 Å². The summed E-state index contributed by atoms with van der Waals surface area (Å²) in [4.78, 5) is 0. The minimum absolute atomic E-state index is 0.825. The Hall–Kier alpha value is -1.81. The first-order chi connectivity index (χ1) is 10.4. The predicted octanol–water partition coefficient (Wildman–Crippen LogP) is 2.56. The molecule has 0 unspecified atom stereocenters. The molecule has 0 saturated heterocycles. The Kier molecular flexibility index (Phi) is 4.55. The van der Waals surface area contributed by atoms with Crippen molar-refractivity contribution in [3.8, 4) is 5.75 Å². The zero-order valence-electron chi connectivity index (χ0n) is 12.6. The topological polar surface area (TPSA) is 39.1 Å². The van der Waals surface area contributed by atoms with Gasteiger partial charge in [0.15, 0.2) is 0 Å². The standard InChI is InChI=1S/C17H23N3O/c1-2-8-18-13-16-5-9-19-20(16)10-6-14-3-4-17-15(12-14)7-11-21-17/h3-5,9,12,18H,2,6-8,10-11,13H2,1H3. The van der Waals surface area contributed by atoms with Crippen molar-refractivity contribution in [1.82, 2.24) is 15.1 Å². The minimum atomic E-state index is 0.825. The molecule has 0 spiro atoms. The lowest BCUT2D eigenvalue weighted by Gasteiger charge is -2.09. The molecule has 1 aromatic carbocycles. The van der Waals surface area contributed by atoms with Gasteiger partial charge in [-0.1, -0.05) is 19.1 Å². The monoisotopic (exact) mass is 285 g/mol. The third-order valence-corrected chi connectivity index (χ3v) is 3.90. The minimum Gasteiger partial charge on any atom is -0.493 e. The van der Waals surface area contributed by atoms with Crippen molar-refractivity contribution in [2.45, 2.75) is 39.3 Å². The van der Waals surface area contributed by atoms with Gasteiger partial charge in [0, 0.05) is 25.7 Å². The summed E-state index contributed by atoms with van der Waals surface area (Å²) in [6.07, 6.45) is 5.09. The molecule has 112 valence electrons. The maximum atomic E-state index is 5.55. The maximum absolute atomic E-state index is 5.55.